The van der Waals surface area contributed by atoms with E-state index >= 15 is 0 Å². The van der Waals surface area contributed by atoms with Crippen molar-refractivity contribution < 1.29 is 14.7 Å². The van der Waals surface area contributed by atoms with Crippen LogP contribution in [0.2, 0.25) is 0 Å². The zero-order valence-corrected chi connectivity index (χ0v) is 15.7. The average molecular weight is 373 g/mol. The Balaban J connectivity index is 1.33. The maximum absolute atomic E-state index is 12.5. The number of fused-ring (bicyclic) bond motifs is 2. The lowest BCUT2D eigenvalue weighted by Crippen LogP contribution is -2.37. The van der Waals surface area contributed by atoms with Gasteiger partial charge in [-0.3, -0.25) is 9.59 Å². The molecule has 2 aromatic rings. The normalized spacial score (nSPS) is 25.0. The Hall–Kier alpha value is -2.02. The van der Waals surface area contributed by atoms with Crippen molar-refractivity contribution in [3.8, 4) is 0 Å². The Labute approximate surface area is 156 Å². The zero-order valence-electron chi connectivity index (χ0n) is 14.9. The number of likely N-dealkylation sites (tertiary alicyclic amines) is 1. The van der Waals surface area contributed by atoms with Crippen LogP contribution in [0.15, 0.2) is 24.5 Å². The van der Waals surface area contributed by atoms with E-state index in [9.17, 15) is 14.7 Å². The molecule has 2 aliphatic rings. The number of aliphatic carboxylic acids is 1. The molecule has 1 aliphatic carbocycles. The van der Waals surface area contributed by atoms with E-state index in [1.54, 1.807) is 16.7 Å². The molecule has 1 saturated carbocycles. The fourth-order valence-electron chi connectivity index (χ4n) is 4.39. The van der Waals surface area contributed by atoms with Gasteiger partial charge in [-0.2, -0.15) is 0 Å². The third-order valence-electron chi connectivity index (χ3n) is 5.77. The van der Waals surface area contributed by atoms with Crippen molar-refractivity contribution in [1.82, 2.24) is 14.3 Å². The molecule has 26 heavy (non-hydrogen) atoms. The molecule has 0 bridgehead atoms. The molecular weight excluding hydrogens is 350 g/mol. The fraction of sp³-hybridized carbons (Fsp3) is 0.526. The Morgan fingerprint density at radius 1 is 1.38 bits per heavy atom. The Bertz CT molecular complexity index is 865. The lowest BCUT2D eigenvalue weighted by molar-refractivity contribution is -0.149. The maximum atomic E-state index is 12.5. The van der Waals surface area contributed by atoms with Gasteiger partial charge in [-0.05, 0) is 37.3 Å². The predicted molar refractivity (Wildman–Crippen MR) is 100 cm³/mol. The molecule has 2 atom stereocenters. The van der Waals surface area contributed by atoms with Gasteiger partial charge in [0.1, 0.15) is 5.65 Å². The SMILES string of the molecule is Cc1ccc2nc(CSCC(=O)N3C[C@@H]4CCC[C@@]4(C(=O)O)C3)cn2c1. The molecule has 7 heteroatoms. The van der Waals surface area contributed by atoms with E-state index in [1.165, 1.54) is 5.56 Å². The topological polar surface area (TPSA) is 74.9 Å². The number of carboxylic acid groups (broad SMARTS) is 1. The average Bonchev–Trinajstić information content (AvgIpc) is 3.25. The summed E-state index contributed by atoms with van der Waals surface area (Å²) in [6, 6.07) is 4.02. The van der Waals surface area contributed by atoms with E-state index in [1.807, 2.05) is 35.9 Å². The van der Waals surface area contributed by atoms with Crippen LogP contribution in [0.3, 0.4) is 0 Å². The number of hydrogen-bond acceptors (Lipinski definition) is 4. The van der Waals surface area contributed by atoms with Crippen molar-refractivity contribution >= 4 is 29.3 Å². The standard InChI is InChI=1S/C19H23N3O3S/c1-13-4-5-16-20-15(9-21(16)7-13)10-26-11-17(23)22-8-14-3-2-6-19(14,12-22)18(24)25/h4-5,7,9,14H,2-3,6,8,10-12H2,1H3,(H,24,25)/t14-,19+/m0/s1. The number of imidazole rings is 1. The van der Waals surface area contributed by atoms with Gasteiger partial charge in [0.05, 0.1) is 16.9 Å². The highest BCUT2D eigenvalue weighted by Crippen LogP contribution is 2.48. The van der Waals surface area contributed by atoms with Gasteiger partial charge in [-0.1, -0.05) is 12.5 Å². The van der Waals surface area contributed by atoms with E-state index in [0.29, 0.717) is 31.0 Å². The minimum absolute atomic E-state index is 0.0460. The monoisotopic (exact) mass is 373 g/mol. The molecule has 2 fully saturated rings. The minimum atomic E-state index is -0.733. The first-order chi connectivity index (χ1) is 12.5. The Kier molecular flexibility index (Phi) is 4.42. The molecule has 0 spiro atoms. The number of rotatable bonds is 5. The van der Waals surface area contributed by atoms with Crippen molar-refractivity contribution in [2.75, 3.05) is 18.8 Å². The Morgan fingerprint density at radius 3 is 3.00 bits per heavy atom. The molecule has 0 radical (unpaired) electrons. The van der Waals surface area contributed by atoms with Crippen LogP contribution in [0, 0.1) is 18.3 Å². The fourth-order valence-corrected chi connectivity index (χ4v) is 5.20. The molecule has 0 aromatic carbocycles. The molecule has 4 rings (SSSR count). The van der Waals surface area contributed by atoms with Crippen LogP contribution in [0.25, 0.3) is 5.65 Å². The van der Waals surface area contributed by atoms with Crippen LogP contribution in [0.4, 0.5) is 0 Å². The second-order valence-corrected chi connectivity index (χ2v) is 8.51. The summed E-state index contributed by atoms with van der Waals surface area (Å²) in [6.07, 6.45) is 6.62. The number of carboxylic acids is 1. The van der Waals surface area contributed by atoms with Gasteiger partial charge in [0.15, 0.2) is 0 Å². The summed E-state index contributed by atoms with van der Waals surface area (Å²) in [5.74, 6) is 0.478. The van der Waals surface area contributed by atoms with E-state index < -0.39 is 11.4 Å². The van der Waals surface area contributed by atoms with Crippen LogP contribution in [-0.2, 0) is 15.3 Å². The van der Waals surface area contributed by atoms with Crippen molar-refractivity contribution in [2.45, 2.75) is 31.9 Å². The largest absolute Gasteiger partial charge is 0.481 e. The number of amides is 1. The lowest BCUT2D eigenvalue weighted by atomic mass is 9.81. The molecule has 0 unspecified atom stereocenters. The number of aryl methyl sites for hydroxylation is 1. The molecule has 6 nitrogen and oxygen atoms in total. The van der Waals surface area contributed by atoms with Crippen LogP contribution in [0.1, 0.15) is 30.5 Å². The highest BCUT2D eigenvalue weighted by molar-refractivity contribution is 7.99. The van der Waals surface area contributed by atoms with E-state index in [0.717, 1.165) is 24.2 Å². The number of aromatic nitrogens is 2. The summed E-state index contributed by atoms with van der Waals surface area (Å²) in [5, 5.41) is 9.63. The number of carbonyl (C=O) groups excluding carboxylic acids is 1. The molecule has 3 heterocycles. The third kappa shape index (κ3) is 2.98. The van der Waals surface area contributed by atoms with Gasteiger partial charge in [0, 0.05) is 31.2 Å². The van der Waals surface area contributed by atoms with Gasteiger partial charge < -0.3 is 14.4 Å². The molecule has 1 N–H and O–H groups in total. The summed E-state index contributed by atoms with van der Waals surface area (Å²) in [7, 11) is 0. The summed E-state index contributed by atoms with van der Waals surface area (Å²) >= 11 is 1.54. The minimum Gasteiger partial charge on any atom is -0.481 e. The number of hydrogen-bond donors (Lipinski definition) is 1. The first-order valence-electron chi connectivity index (χ1n) is 9.01. The molecule has 138 valence electrons. The van der Waals surface area contributed by atoms with Gasteiger partial charge >= 0.3 is 5.97 Å². The molecule has 1 saturated heterocycles. The first kappa shape index (κ1) is 17.4. The molecular formula is C19H23N3O3S. The van der Waals surface area contributed by atoms with Crippen molar-refractivity contribution in [3.05, 3.63) is 35.8 Å². The molecule has 2 aromatic heterocycles. The number of pyridine rings is 1. The van der Waals surface area contributed by atoms with Crippen LogP contribution in [0.5, 0.6) is 0 Å². The first-order valence-corrected chi connectivity index (χ1v) is 10.2. The summed E-state index contributed by atoms with van der Waals surface area (Å²) in [6.45, 7) is 3.02. The van der Waals surface area contributed by atoms with Gasteiger partial charge in [-0.15, -0.1) is 11.8 Å². The van der Waals surface area contributed by atoms with E-state index in [2.05, 4.69) is 4.98 Å². The quantitative estimate of drug-likeness (QED) is 0.872. The molecule has 1 aliphatic heterocycles. The zero-order chi connectivity index (χ0) is 18.3. The summed E-state index contributed by atoms with van der Waals surface area (Å²) in [5.41, 5.74) is 2.35. The van der Waals surface area contributed by atoms with Gasteiger partial charge in [0.2, 0.25) is 5.91 Å². The van der Waals surface area contributed by atoms with Crippen molar-refractivity contribution in [2.24, 2.45) is 11.3 Å². The van der Waals surface area contributed by atoms with E-state index in [-0.39, 0.29) is 11.8 Å². The summed E-state index contributed by atoms with van der Waals surface area (Å²) in [4.78, 5) is 30.6. The van der Waals surface area contributed by atoms with Crippen molar-refractivity contribution in [3.63, 3.8) is 0 Å². The molecule has 1 amide bonds. The third-order valence-corrected chi connectivity index (χ3v) is 6.72. The number of thioether (sulfide) groups is 1. The van der Waals surface area contributed by atoms with Crippen LogP contribution >= 0.6 is 11.8 Å². The maximum Gasteiger partial charge on any atom is 0.311 e. The highest BCUT2D eigenvalue weighted by atomic mass is 32.2. The highest BCUT2D eigenvalue weighted by Gasteiger charge is 2.55. The van der Waals surface area contributed by atoms with E-state index in [4.69, 9.17) is 0 Å². The lowest BCUT2D eigenvalue weighted by Gasteiger charge is -2.23. The predicted octanol–water partition coefficient (Wildman–Crippen LogP) is 2.59. The summed E-state index contributed by atoms with van der Waals surface area (Å²) < 4.78 is 2.01. The smallest absolute Gasteiger partial charge is 0.311 e. The van der Waals surface area contributed by atoms with Crippen molar-refractivity contribution in [1.29, 1.82) is 0 Å². The van der Waals surface area contributed by atoms with Gasteiger partial charge in [0.25, 0.3) is 0 Å². The number of nitrogens with zero attached hydrogens (tertiary/aromatic N) is 3. The number of carbonyl (C=O) groups is 2. The Morgan fingerprint density at radius 2 is 2.23 bits per heavy atom. The second kappa shape index (κ2) is 6.61. The van der Waals surface area contributed by atoms with Gasteiger partial charge in [-0.25, -0.2) is 4.98 Å². The second-order valence-electron chi connectivity index (χ2n) is 7.52. The van der Waals surface area contributed by atoms with Crippen LogP contribution in [-0.4, -0.2) is 50.1 Å². The van der Waals surface area contributed by atoms with Crippen LogP contribution < -0.4 is 0 Å².